The number of benzene rings is 1. The Morgan fingerprint density at radius 3 is 2.66 bits per heavy atom. The molecule has 178 valence electrons. The summed E-state index contributed by atoms with van der Waals surface area (Å²) in [6.07, 6.45) is 4.81. The Bertz CT molecular complexity index is 829. The van der Waals surface area contributed by atoms with Crippen LogP contribution < -0.4 is 21.8 Å². The quantitative estimate of drug-likeness (QED) is 0.0924. The van der Waals surface area contributed by atoms with E-state index in [4.69, 9.17) is 15.9 Å². The first-order valence-electron chi connectivity index (χ1n) is 11.0. The van der Waals surface area contributed by atoms with E-state index in [1.165, 1.54) is 18.2 Å². The second-order valence-electron chi connectivity index (χ2n) is 7.92. The Hall–Kier alpha value is -2.33. The molecule has 0 atom stereocenters. The predicted octanol–water partition coefficient (Wildman–Crippen LogP) is 1.54. The summed E-state index contributed by atoms with van der Waals surface area (Å²) < 4.78 is 35.7. The normalized spacial score (nSPS) is 15.1. The number of nitrogens with zero attached hydrogens (tertiary/aromatic N) is 1. The first-order valence-corrected chi connectivity index (χ1v) is 11.9. The molecule has 0 aromatic heterocycles. The molecular formula is C22H35F2N5O2S+2. The number of carbonyl (C=O) groups is 1. The number of anilines is 2. The molecule has 0 saturated heterocycles. The van der Waals surface area contributed by atoms with Crippen LogP contribution in [0.3, 0.4) is 0 Å². The van der Waals surface area contributed by atoms with E-state index in [2.05, 4.69) is 35.7 Å². The van der Waals surface area contributed by atoms with Crippen molar-refractivity contribution < 1.29 is 23.7 Å². The number of allylic oxidation sites excluding steroid dienone is 1. The Morgan fingerprint density at radius 2 is 2.06 bits per heavy atom. The molecule has 1 saturated carbocycles. The molecule has 0 radical (unpaired) electrons. The van der Waals surface area contributed by atoms with Crippen LogP contribution in [0.2, 0.25) is 0 Å². The monoisotopic (exact) mass is 471 g/mol. The first-order chi connectivity index (χ1) is 15.2. The molecule has 1 aromatic rings. The summed E-state index contributed by atoms with van der Waals surface area (Å²) >= 11 is 1.22. The zero-order valence-electron chi connectivity index (χ0n) is 19.0. The van der Waals surface area contributed by atoms with Gasteiger partial charge in [0.05, 0.1) is 36.0 Å². The van der Waals surface area contributed by atoms with Crippen molar-refractivity contribution in [2.45, 2.75) is 57.8 Å². The van der Waals surface area contributed by atoms with Crippen molar-refractivity contribution in [2.24, 2.45) is 0 Å². The molecule has 1 aliphatic carbocycles. The second kappa shape index (κ2) is 12.6. The van der Waals surface area contributed by atoms with Crippen LogP contribution in [0.5, 0.6) is 0 Å². The van der Waals surface area contributed by atoms with Crippen LogP contribution in [0.4, 0.5) is 20.2 Å². The van der Waals surface area contributed by atoms with Crippen molar-refractivity contribution in [2.75, 3.05) is 30.7 Å². The number of hydrogen-bond acceptors (Lipinski definition) is 5. The van der Waals surface area contributed by atoms with Crippen LogP contribution in [-0.2, 0) is 21.5 Å². The second-order valence-corrected chi connectivity index (χ2v) is 9.75. The molecular weight excluding hydrogens is 436 g/mol. The third-order valence-corrected chi connectivity index (χ3v) is 6.26. The fourth-order valence-corrected chi connectivity index (χ4v) is 4.47. The molecule has 1 aliphatic rings. The summed E-state index contributed by atoms with van der Waals surface area (Å²) in [5.74, 6) is -2.49. The van der Waals surface area contributed by atoms with Crippen molar-refractivity contribution in [1.82, 2.24) is 9.62 Å². The highest BCUT2D eigenvalue weighted by Crippen LogP contribution is 2.27. The van der Waals surface area contributed by atoms with Gasteiger partial charge in [-0.1, -0.05) is 0 Å². The predicted molar refractivity (Wildman–Crippen MR) is 127 cm³/mol. The average Bonchev–Trinajstić information content (AvgIpc) is 3.25. The SMILES string of the molecule is CCN(CCN/C(C=[NH2+])=C(\OC1CCCC1)C(=O)Nc1cc(F)cc(F)c1N)[SH+]C(C)C. The number of nitrogens with two attached hydrogens (primary N) is 2. The van der Waals surface area contributed by atoms with E-state index in [-0.39, 0.29) is 23.2 Å². The van der Waals surface area contributed by atoms with Gasteiger partial charge in [0.1, 0.15) is 16.8 Å². The Labute approximate surface area is 192 Å². The topological polar surface area (TPSA) is 105 Å². The summed E-state index contributed by atoms with van der Waals surface area (Å²) in [5, 5.41) is 12.0. The minimum absolute atomic E-state index is 0.0204. The number of halogens is 2. The molecule has 0 spiro atoms. The van der Waals surface area contributed by atoms with E-state index in [9.17, 15) is 13.6 Å². The standard InChI is InChI=1S/C22H33F2N5O2S/c1-4-29(32-14(2)3)10-9-27-19(13-25)21(31-16-7-5-6-8-16)22(30)28-18-12-15(23)11-17(24)20(18)26/h11-14,16,25,27H,4-10,26H2,1-3H3,(H,28,30)/p+2/b21-19-,25-13?. The third kappa shape index (κ3) is 7.67. The summed E-state index contributed by atoms with van der Waals surface area (Å²) in [5.41, 5.74) is 5.48. The van der Waals surface area contributed by atoms with Crippen LogP contribution in [0, 0.1) is 11.6 Å². The molecule has 10 heteroatoms. The lowest BCUT2D eigenvalue weighted by Gasteiger charge is -2.19. The van der Waals surface area contributed by atoms with E-state index < -0.39 is 17.5 Å². The van der Waals surface area contributed by atoms with Crippen molar-refractivity contribution in [3.05, 3.63) is 35.2 Å². The summed E-state index contributed by atoms with van der Waals surface area (Å²) in [4.78, 5) is 13.1. The van der Waals surface area contributed by atoms with Crippen molar-refractivity contribution in [3.63, 3.8) is 0 Å². The van der Waals surface area contributed by atoms with Crippen LogP contribution >= 0.6 is 0 Å². The van der Waals surface area contributed by atoms with E-state index >= 15 is 0 Å². The molecule has 1 amide bonds. The van der Waals surface area contributed by atoms with Crippen LogP contribution in [0.25, 0.3) is 0 Å². The number of likely N-dealkylation sites (N-methyl/N-ethyl adjacent to an activating group) is 1. The molecule has 1 aromatic carbocycles. The van der Waals surface area contributed by atoms with Gasteiger partial charge < -0.3 is 21.1 Å². The van der Waals surface area contributed by atoms with Crippen molar-refractivity contribution >= 4 is 35.4 Å². The number of ether oxygens (including phenoxy) is 1. The fourth-order valence-electron chi connectivity index (χ4n) is 3.44. The highest BCUT2D eigenvalue weighted by molar-refractivity contribution is 7.76. The van der Waals surface area contributed by atoms with E-state index in [0.29, 0.717) is 23.6 Å². The van der Waals surface area contributed by atoms with Gasteiger partial charge in [0.15, 0.2) is 12.0 Å². The molecule has 6 N–H and O–H groups in total. The van der Waals surface area contributed by atoms with Gasteiger partial charge in [-0.25, -0.2) is 8.78 Å². The first kappa shape index (κ1) is 25.9. The fraction of sp³-hybridized carbons (Fsp3) is 0.545. The van der Waals surface area contributed by atoms with Gasteiger partial charge >= 0.3 is 0 Å². The maximum atomic E-state index is 13.8. The average molecular weight is 472 g/mol. The van der Waals surface area contributed by atoms with Gasteiger partial charge in [0.2, 0.25) is 5.76 Å². The lowest BCUT2D eigenvalue weighted by Crippen LogP contribution is -2.40. The van der Waals surface area contributed by atoms with E-state index in [0.717, 1.165) is 44.8 Å². The molecule has 0 aliphatic heterocycles. The number of hydrogen-bond donors (Lipinski definition) is 4. The van der Waals surface area contributed by atoms with Crippen molar-refractivity contribution in [1.29, 1.82) is 0 Å². The Kier molecular flexibility index (Phi) is 10.2. The highest BCUT2D eigenvalue weighted by Gasteiger charge is 2.26. The Morgan fingerprint density at radius 1 is 1.38 bits per heavy atom. The number of rotatable bonds is 12. The minimum atomic E-state index is -0.949. The van der Waals surface area contributed by atoms with Gasteiger partial charge in [-0.15, -0.1) is 4.31 Å². The maximum Gasteiger partial charge on any atom is 0.293 e. The number of amides is 1. The number of thiol groups is 1. The molecule has 0 unspecified atom stereocenters. The lowest BCUT2D eigenvalue weighted by atomic mass is 10.2. The third-order valence-electron chi connectivity index (χ3n) is 4.99. The van der Waals surface area contributed by atoms with Crippen molar-refractivity contribution in [3.8, 4) is 0 Å². The van der Waals surface area contributed by atoms with Crippen LogP contribution in [0.1, 0.15) is 46.5 Å². The van der Waals surface area contributed by atoms with Gasteiger partial charge in [-0.3, -0.25) is 10.2 Å². The van der Waals surface area contributed by atoms with Crippen LogP contribution in [-0.4, -0.2) is 47.4 Å². The minimum Gasteiger partial charge on any atom is -0.483 e. The molecule has 7 nitrogen and oxygen atoms in total. The molecule has 0 bridgehead atoms. The number of carbonyl (C=O) groups excluding carboxylic acids is 1. The maximum absolute atomic E-state index is 13.8. The van der Waals surface area contributed by atoms with E-state index in [1.807, 2.05) is 0 Å². The molecule has 2 rings (SSSR count). The zero-order valence-corrected chi connectivity index (χ0v) is 19.9. The lowest BCUT2D eigenvalue weighted by molar-refractivity contribution is -0.118. The summed E-state index contributed by atoms with van der Waals surface area (Å²) in [6, 6.07) is 1.63. The molecule has 32 heavy (non-hydrogen) atoms. The van der Waals surface area contributed by atoms with Crippen LogP contribution in [0.15, 0.2) is 23.6 Å². The summed E-state index contributed by atoms with van der Waals surface area (Å²) in [6.45, 7) is 8.56. The van der Waals surface area contributed by atoms with E-state index in [1.54, 1.807) is 0 Å². The smallest absolute Gasteiger partial charge is 0.293 e. The van der Waals surface area contributed by atoms with Gasteiger partial charge in [0.25, 0.3) is 5.91 Å². The highest BCUT2D eigenvalue weighted by atomic mass is 32.2. The van der Waals surface area contributed by atoms with Gasteiger partial charge in [-0.2, -0.15) is 0 Å². The van der Waals surface area contributed by atoms with Gasteiger partial charge in [0, 0.05) is 19.2 Å². The number of nitrogen functional groups attached to an aromatic ring is 1. The largest absolute Gasteiger partial charge is 0.483 e. The number of nitrogens with one attached hydrogen (secondary N) is 2. The molecule has 0 heterocycles. The molecule has 1 fully saturated rings. The Balaban J connectivity index is 2.21. The van der Waals surface area contributed by atoms with Gasteiger partial charge in [-0.05, 0) is 52.5 Å². The summed E-state index contributed by atoms with van der Waals surface area (Å²) in [7, 11) is 0. The zero-order chi connectivity index (χ0) is 23.7.